The van der Waals surface area contributed by atoms with Crippen LogP contribution in [0.25, 0.3) is 0 Å². The maximum atomic E-state index is 4.47. The molecule has 0 spiro atoms. The number of anilines is 1. The molecule has 4 heteroatoms. The SMILES string of the molecule is CCNc1nccc(Sc2cc(C)ccc2C)n1. The van der Waals surface area contributed by atoms with Gasteiger partial charge >= 0.3 is 0 Å². The first kappa shape index (κ1) is 12.9. The Hall–Kier alpha value is -1.55. The van der Waals surface area contributed by atoms with Crippen LogP contribution in [0.4, 0.5) is 5.95 Å². The van der Waals surface area contributed by atoms with Crippen molar-refractivity contribution >= 4 is 17.7 Å². The topological polar surface area (TPSA) is 37.8 Å². The van der Waals surface area contributed by atoms with Gasteiger partial charge in [0.2, 0.25) is 5.95 Å². The monoisotopic (exact) mass is 259 g/mol. The molecule has 2 rings (SSSR count). The molecular weight excluding hydrogens is 242 g/mol. The molecule has 3 nitrogen and oxygen atoms in total. The van der Waals surface area contributed by atoms with E-state index in [1.54, 1.807) is 18.0 Å². The van der Waals surface area contributed by atoms with Gasteiger partial charge in [0.25, 0.3) is 0 Å². The second kappa shape index (κ2) is 5.87. The highest BCUT2D eigenvalue weighted by molar-refractivity contribution is 7.99. The number of aromatic nitrogens is 2. The maximum Gasteiger partial charge on any atom is 0.223 e. The first-order chi connectivity index (χ1) is 8.69. The van der Waals surface area contributed by atoms with E-state index in [0.29, 0.717) is 5.95 Å². The van der Waals surface area contributed by atoms with E-state index in [1.165, 1.54) is 16.0 Å². The minimum atomic E-state index is 0.688. The zero-order valence-electron chi connectivity index (χ0n) is 10.9. The summed E-state index contributed by atoms with van der Waals surface area (Å²) < 4.78 is 0. The Labute approximate surface area is 112 Å². The summed E-state index contributed by atoms with van der Waals surface area (Å²) in [4.78, 5) is 9.89. The van der Waals surface area contributed by atoms with Crippen LogP contribution in [0.5, 0.6) is 0 Å². The first-order valence-electron chi connectivity index (χ1n) is 6.01. The zero-order valence-corrected chi connectivity index (χ0v) is 11.7. The molecule has 0 aliphatic carbocycles. The second-order valence-corrected chi connectivity index (χ2v) is 5.18. The van der Waals surface area contributed by atoms with Crippen molar-refractivity contribution in [2.75, 3.05) is 11.9 Å². The molecule has 0 atom stereocenters. The molecule has 94 valence electrons. The van der Waals surface area contributed by atoms with Crippen LogP contribution < -0.4 is 5.32 Å². The van der Waals surface area contributed by atoms with Gasteiger partial charge in [0, 0.05) is 17.6 Å². The van der Waals surface area contributed by atoms with E-state index < -0.39 is 0 Å². The molecule has 1 aromatic heterocycles. The summed E-state index contributed by atoms with van der Waals surface area (Å²) in [7, 11) is 0. The fourth-order valence-electron chi connectivity index (χ4n) is 1.57. The Morgan fingerprint density at radius 1 is 1.22 bits per heavy atom. The summed E-state index contributed by atoms with van der Waals surface area (Å²) in [6.45, 7) is 7.09. The highest BCUT2D eigenvalue weighted by Crippen LogP contribution is 2.29. The largest absolute Gasteiger partial charge is 0.354 e. The van der Waals surface area contributed by atoms with E-state index in [-0.39, 0.29) is 0 Å². The Morgan fingerprint density at radius 3 is 2.83 bits per heavy atom. The number of hydrogen-bond acceptors (Lipinski definition) is 4. The Bertz CT molecular complexity index is 540. The lowest BCUT2D eigenvalue weighted by molar-refractivity contribution is 1.01. The molecule has 0 aliphatic heterocycles. The van der Waals surface area contributed by atoms with Crippen molar-refractivity contribution in [3.05, 3.63) is 41.6 Å². The highest BCUT2D eigenvalue weighted by Gasteiger charge is 2.04. The molecule has 0 amide bonds. The minimum Gasteiger partial charge on any atom is -0.354 e. The molecule has 0 bridgehead atoms. The smallest absolute Gasteiger partial charge is 0.223 e. The van der Waals surface area contributed by atoms with Gasteiger partial charge in [0.1, 0.15) is 5.03 Å². The van der Waals surface area contributed by atoms with Crippen LogP contribution in [-0.2, 0) is 0 Å². The van der Waals surface area contributed by atoms with Crippen LogP contribution in [0, 0.1) is 13.8 Å². The van der Waals surface area contributed by atoms with E-state index in [4.69, 9.17) is 0 Å². The zero-order chi connectivity index (χ0) is 13.0. The molecule has 1 heterocycles. The van der Waals surface area contributed by atoms with E-state index in [2.05, 4.69) is 47.3 Å². The summed E-state index contributed by atoms with van der Waals surface area (Å²) in [5.41, 5.74) is 2.54. The van der Waals surface area contributed by atoms with Gasteiger partial charge in [-0.1, -0.05) is 23.9 Å². The van der Waals surface area contributed by atoms with Crippen LogP contribution in [0.15, 0.2) is 40.4 Å². The molecule has 1 N–H and O–H groups in total. The molecular formula is C14H17N3S. The fraction of sp³-hybridized carbons (Fsp3) is 0.286. The molecule has 18 heavy (non-hydrogen) atoms. The van der Waals surface area contributed by atoms with Gasteiger partial charge in [-0.2, -0.15) is 0 Å². The van der Waals surface area contributed by atoms with E-state index in [0.717, 1.165) is 11.6 Å². The molecule has 1 aromatic carbocycles. The van der Waals surface area contributed by atoms with Crippen molar-refractivity contribution in [1.29, 1.82) is 0 Å². The van der Waals surface area contributed by atoms with Crippen LogP contribution in [0.2, 0.25) is 0 Å². The Morgan fingerprint density at radius 2 is 2.06 bits per heavy atom. The van der Waals surface area contributed by atoms with Gasteiger partial charge in [-0.25, -0.2) is 9.97 Å². The van der Waals surface area contributed by atoms with E-state index in [9.17, 15) is 0 Å². The summed E-state index contributed by atoms with van der Waals surface area (Å²) in [6, 6.07) is 8.40. The van der Waals surface area contributed by atoms with Gasteiger partial charge in [0.05, 0.1) is 0 Å². The summed E-state index contributed by atoms with van der Waals surface area (Å²) in [6.07, 6.45) is 1.79. The Balaban J connectivity index is 2.22. The summed E-state index contributed by atoms with van der Waals surface area (Å²) in [5.74, 6) is 0.688. The molecule has 2 aromatic rings. The van der Waals surface area contributed by atoms with Crippen molar-refractivity contribution in [1.82, 2.24) is 9.97 Å². The van der Waals surface area contributed by atoms with Crippen LogP contribution in [0.3, 0.4) is 0 Å². The number of hydrogen-bond donors (Lipinski definition) is 1. The number of benzene rings is 1. The lowest BCUT2D eigenvalue weighted by Crippen LogP contribution is -2.01. The molecule has 0 radical (unpaired) electrons. The second-order valence-electron chi connectivity index (χ2n) is 4.12. The third-order valence-corrected chi connectivity index (χ3v) is 3.62. The lowest BCUT2D eigenvalue weighted by atomic mass is 10.2. The summed E-state index contributed by atoms with van der Waals surface area (Å²) >= 11 is 1.68. The van der Waals surface area contributed by atoms with Crippen molar-refractivity contribution in [2.24, 2.45) is 0 Å². The predicted octanol–water partition coefficient (Wildman–Crippen LogP) is 3.68. The van der Waals surface area contributed by atoms with Crippen molar-refractivity contribution < 1.29 is 0 Å². The molecule has 0 unspecified atom stereocenters. The number of aryl methyl sites for hydroxylation is 2. The quantitative estimate of drug-likeness (QED) is 0.850. The van der Waals surface area contributed by atoms with Crippen molar-refractivity contribution in [2.45, 2.75) is 30.7 Å². The van der Waals surface area contributed by atoms with Crippen LogP contribution in [-0.4, -0.2) is 16.5 Å². The maximum absolute atomic E-state index is 4.47. The fourth-order valence-corrected chi connectivity index (χ4v) is 2.53. The van der Waals surface area contributed by atoms with Gasteiger partial charge in [0.15, 0.2) is 0 Å². The molecule has 0 saturated heterocycles. The minimum absolute atomic E-state index is 0.688. The van der Waals surface area contributed by atoms with Gasteiger partial charge < -0.3 is 5.32 Å². The van der Waals surface area contributed by atoms with Gasteiger partial charge in [-0.05, 0) is 44.0 Å². The third-order valence-electron chi connectivity index (χ3n) is 2.52. The lowest BCUT2D eigenvalue weighted by Gasteiger charge is -2.07. The Kier molecular flexibility index (Phi) is 4.20. The average molecular weight is 259 g/mol. The van der Waals surface area contributed by atoms with Crippen molar-refractivity contribution in [3.63, 3.8) is 0 Å². The standard InChI is InChI=1S/C14H17N3S/c1-4-15-14-16-8-7-13(17-14)18-12-9-10(2)5-6-11(12)3/h5-9H,4H2,1-3H3,(H,15,16,17). The predicted molar refractivity (Wildman–Crippen MR) is 76.2 cm³/mol. The van der Waals surface area contributed by atoms with E-state index in [1.807, 2.05) is 13.0 Å². The summed E-state index contributed by atoms with van der Waals surface area (Å²) in [5, 5.41) is 4.09. The first-order valence-corrected chi connectivity index (χ1v) is 6.82. The van der Waals surface area contributed by atoms with Crippen LogP contribution >= 0.6 is 11.8 Å². The molecule has 0 saturated carbocycles. The average Bonchev–Trinajstić information content (AvgIpc) is 2.35. The highest BCUT2D eigenvalue weighted by atomic mass is 32.2. The normalized spacial score (nSPS) is 10.4. The van der Waals surface area contributed by atoms with Gasteiger partial charge in [-0.3, -0.25) is 0 Å². The van der Waals surface area contributed by atoms with Crippen LogP contribution in [0.1, 0.15) is 18.1 Å². The van der Waals surface area contributed by atoms with Crippen molar-refractivity contribution in [3.8, 4) is 0 Å². The number of nitrogens with zero attached hydrogens (tertiary/aromatic N) is 2. The number of nitrogens with one attached hydrogen (secondary N) is 1. The number of rotatable bonds is 4. The molecule has 0 fully saturated rings. The van der Waals surface area contributed by atoms with Gasteiger partial charge in [-0.15, -0.1) is 0 Å². The third kappa shape index (κ3) is 3.23. The van der Waals surface area contributed by atoms with E-state index >= 15 is 0 Å². The molecule has 0 aliphatic rings.